The van der Waals surface area contributed by atoms with Crippen molar-refractivity contribution in [2.75, 3.05) is 17.7 Å². The Labute approximate surface area is 136 Å². The number of benzene rings is 2. The Morgan fingerprint density at radius 2 is 1.70 bits per heavy atom. The van der Waals surface area contributed by atoms with Gasteiger partial charge in [-0.05, 0) is 42.2 Å². The van der Waals surface area contributed by atoms with Crippen LogP contribution in [0, 0.1) is 5.92 Å². The fourth-order valence-electron chi connectivity index (χ4n) is 2.98. The van der Waals surface area contributed by atoms with Crippen LogP contribution in [-0.4, -0.2) is 27.1 Å². The van der Waals surface area contributed by atoms with Gasteiger partial charge < -0.3 is 4.90 Å². The number of sulfone groups is 1. The molecule has 23 heavy (non-hydrogen) atoms. The quantitative estimate of drug-likeness (QED) is 0.866. The van der Waals surface area contributed by atoms with Gasteiger partial charge in [0.05, 0.1) is 4.90 Å². The average Bonchev–Trinajstić information content (AvgIpc) is 2.88. The molecule has 1 amide bonds. The molecule has 2 aromatic carbocycles. The molecule has 1 fully saturated rings. The summed E-state index contributed by atoms with van der Waals surface area (Å²) >= 11 is 0. The molecule has 0 aromatic heterocycles. The first-order valence-corrected chi connectivity index (χ1v) is 9.47. The van der Waals surface area contributed by atoms with Gasteiger partial charge >= 0.3 is 0 Å². The number of hydrogen-bond acceptors (Lipinski definition) is 3. The highest BCUT2D eigenvalue weighted by Gasteiger charge is 2.30. The Morgan fingerprint density at radius 3 is 2.30 bits per heavy atom. The summed E-state index contributed by atoms with van der Waals surface area (Å²) in [5.41, 5.74) is 2.00. The molecule has 0 radical (unpaired) electrons. The van der Waals surface area contributed by atoms with Crippen molar-refractivity contribution in [2.24, 2.45) is 5.92 Å². The van der Waals surface area contributed by atoms with E-state index in [9.17, 15) is 13.2 Å². The second-order valence-electron chi connectivity index (χ2n) is 6.03. The van der Waals surface area contributed by atoms with Gasteiger partial charge in [-0.15, -0.1) is 0 Å². The molecule has 1 aliphatic heterocycles. The van der Waals surface area contributed by atoms with Crippen LogP contribution >= 0.6 is 0 Å². The number of amides is 1. The Morgan fingerprint density at radius 1 is 1.04 bits per heavy atom. The summed E-state index contributed by atoms with van der Waals surface area (Å²) < 4.78 is 23.0. The van der Waals surface area contributed by atoms with Crippen LogP contribution in [0.15, 0.2) is 59.5 Å². The van der Waals surface area contributed by atoms with Gasteiger partial charge in [0.15, 0.2) is 9.84 Å². The van der Waals surface area contributed by atoms with Gasteiger partial charge in [0.2, 0.25) is 5.91 Å². The molecule has 4 nitrogen and oxygen atoms in total. The normalized spacial score (nSPS) is 18.4. The van der Waals surface area contributed by atoms with Crippen LogP contribution in [-0.2, 0) is 21.1 Å². The molecule has 1 atom stereocenters. The molecular formula is C18H19NO3S. The number of anilines is 1. The number of para-hydroxylation sites is 1. The predicted molar refractivity (Wildman–Crippen MR) is 90.2 cm³/mol. The molecule has 0 spiro atoms. The van der Waals surface area contributed by atoms with Crippen LogP contribution < -0.4 is 4.90 Å². The minimum Gasteiger partial charge on any atom is -0.312 e. The summed E-state index contributed by atoms with van der Waals surface area (Å²) in [5, 5.41) is 0. The molecule has 0 saturated carbocycles. The van der Waals surface area contributed by atoms with E-state index in [0.717, 1.165) is 17.7 Å². The van der Waals surface area contributed by atoms with Crippen molar-refractivity contribution in [3.8, 4) is 0 Å². The third-order valence-electron chi connectivity index (χ3n) is 4.15. The smallest absolute Gasteiger partial charge is 0.227 e. The number of carbonyl (C=O) groups is 1. The summed E-state index contributed by atoms with van der Waals surface area (Å²) in [4.78, 5) is 14.4. The summed E-state index contributed by atoms with van der Waals surface area (Å²) in [5.74, 6) is 0.403. The topological polar surface area (TPSA) is 54.5 Å². The van der Waals surface area contributed by atoms with Gasteiger partial charge in [-0.2, -0.15) is 0 Å². The van der Waals surface area contributed by atoms with Crippen LogP contribution in [0.2, 0.25) is 0 Å². The first-order valence-electron chi connectivity index (χ1n) is 7.58. The number of carbonyl (C=O) groups excluding carboxylic acids is 1. The van der Waals surface area contributed by atoms with Crippen LogP contribution in [0.1, 0.15) is 12.0 Å². The molecule has 120 valence electrons. The van der Waals surface area contributed by atoms with E-state index in [1.807, 2.05) is 47.4 Å². The van der Waals surface area contributed by atoms with Crippen molar-refractivity contribution in [1.82, 2.24) is 0 Å². The van der Waals surface area contributed by atoms with Crippen molar-refractivity contribution in [3.63, 3.8) is 0 Å². The van der Waals surface area contributed by atoms with E-state index in [1.165, 1.54) is 6.26 Å². The fraction of sp³-hybridized carbons (Fsp3) is 0.278. The van der Waals surface area contributed by atoms with E-state index in [0.29, 0.717) is 17.9 Å². The molecule has 1 saturated heterocycles. The van der Waals surface area contributed by atoms with Crippen LogP contribution in [0.25, 0.3) is 0 Å². The highest BCUT2D eigenvalue weighted by molar-refractivity contribution is 7.90. The van der Waals surface area contributed by atoms with Gasteiger partial charge in [0.1, 0.15) is 0 Å². The lowest BCUT2D eigenvalue weighted by molar-refractivity contribution is -0.117. The van der Waals surface area contributed by atoms with E-state index in [-0.39, 0.29) is 11.8 Å². The molecule has 0 N–H and O–H groups in total. The van der Waals surface area contributed by atoms with Crippen molar-refractivity contribution < 1.29 is 13.2 Å². The van der Waals surface area contributed by atoms with Crippen molar-refractivity contribution in [2.45, 2.75) is 17.7 Å². The molecule has 1 heterocycles. The molecule has 1 aliphatic rings. The van der Waals surface area contributed by atoms with Gasteiger partial charge in [-0.1, -0.05) is 30.3 Å². The minimum atomic E-state index is -3.16. The largest absolute Gasteiger partial charge is 0.312 e. The fourth-order valence-corrected chi connectivity index (χ4v) is 3.61. The van der Waals surface area contributed by atoms with Gasteiger partial charge in [0, 0.05) is 24.9 Å². The number of hydrogen-bond donors (Lipinski definition) is 0. The molecule has 1 unspecified atom stereocenters. The summed E-state index contributed by atoms with van der Waals surface area (Å²) in [6.45, 7) is 0.705. The second-order valence-corrected chi connectivity index (χ2v) is 8.05. The molecule has 0 aliphatic carbocycles. The minimum absolute atomic E-state index is 0.147. The zero-order valence-corrected chi connectivity index (χ0v) is 13.8. The number of nitrogens with zero attached hydrogens (tertiary/aromatic N) is 1. The first-order chi connectivity index (χ1) is 10.9. The standard InChI is InChI=1S/C18H19NO3S/c1-23(21,22)17-9-7-14(8-10-17)11-15-12-18(20)19(13-15)16-5-3-2-4-6-16/h2-10,15H,11-13H2,1H3. The molecule has 5 heteroatoms. The second kappa shape index (κ2) is 6.16. The highest BCUT2D eigenvalue weighted by atomic mass is 32.2. The van der Waals surface area contributed by atoms with E-state index < -0.39 is 9.84 Å². The Bertz CT molecular complexity index is 798. The maximum atomic E-state index is 12.2. The van der Waals surface area contributed by atoms with Gasteiger partial charge in [-0.3, -0.25) is 4.79 Å². The third-order valence-corrected chi connectivity index (χ3v) is 5.28. The van der Waals surface area contributed by atoms with E-state index in [1.54, 1.807) is 12.1 Å². The van der Waals surface area contributed by atoms with Gasteiger partial charge in [-0.25, -0.2) is 8.42 Å². The van der Waals surface area contributed by atoms with Crippen molar-refractivity contribution in [3.05, 3.63) is 60.2 Å². The lowest BCUT2D eigenvalue weighted by Gasteiger charge is -2.16. The van der Waals surface area contributed by atoms with Crippen molar-refractivity contribution >= 4 is 21.4 Å². The predicted octanol–water partition coefficient (Wildman–Crippen LogP) is 2.69. The van der Waals surface area contributed by atoms with Crippen LogP contribution in [0.5, 0.6) is 0 Å². The summed E-state index contributed by atoms with van der Waals surface area (Å²) in [7, 11) is -3.16. The zero-order chi connectivity index (χ0) is 16.4. The molecule has 3 rings (SSSR count). The Balaban J connectivity index is 1.69. The van der Waals surface area contributed by atoms with Gasteiger partial charge in [0.25, 0.3) is 0 Å². The lowest BCUT2D eigenvalue weighted by Crippen LogP contribution is -2.24. The lowest BCUT2D eigenvalue weighted by atomic mass is 9.99. The first kappa shape index (κ1) is 15.7. The number of rotatable bonds is 4. The average molecular weight is 329 g/mol. The zero-order valence-electron chi connectivity index (χ0n) is 13.0. The Hall–Kier alpha value is -2.14. The van der Waals surface area contributed by atoms with Crippen LogP contribution in [0.3, 0.4) is 0 Å². The highest BCUT2D eigenvalue weighted by Crippen LogP contribution is 2.27. The maximum Gasteiger partial charge on any atom is 0.227 e. The SMILES string of the molecule is CS(=O)(=O)c1ccc(CC2CC(=O)N(c3ccccc3)C2)cc1. The van der Waals surface area contributed by atoms with Crippen molar-refractivity contribution in [1.29, 1.82) is 0 Å². The monoisotopic (exact) mass is 329 g/mol. The van der Waals surface area contributed by atoms with E-state index in [2.05, 4.69) is 0 Å². The third kappa shape index (κ3) is 3.62. The summed E-state index contributed by atoms with van der Waals surface area (Å²) in [6, 6.07) is 16.6. The summed E-state index contributed by atoms with van der Waals surface area (Å²) in [6.07, 6.45) is 2.51. The maximum absolute atomic E-state index is 12.2. The molecular weight excluding hydrogens is 310 g/mol. The Kier molecular flexibility index (Phi) is 4.22. The van der Waals surface area contributed by atoms with E-state index >= 15 is 0 Å². The molecule has 0 bridgehead atoms. The van der Waals surface area contributed by atoms with Crippen LogP contribution in [0.4, 0.5) is 5.69 Å². The van der Waals surface area contributed by atoms with E-state index in [4.69, 9.17) is 0 Å². The molecule has 2 aromatic rings.